The monoisotopic (exact) mass is 754 g/mol. The number of esters is 2. The molecule has 0 aromatic heterocycles. The highest BCUT2D eigenvalue weighted by Gasteiger charge is 2.40. The Bertz CT molecular complexity index is 1530. The second-order valence-corrected chi connectivity index (χ2v) is 13.4. The standard InChI is InChI=1S/C40H54N2O12/c1-28(40(48)54-36-23-19-30(26-37(36)51-2)14-10-24-52-39(47)17-11-25-53-42(49)50)41-38(46)16-9-4-3-8-15-32-33(35(45)27-34(32)44)22-21-31(43)20-18-29-12-6-5-7-13-29/h3,5-8,10,12-14,19,23,26,28,31-35,43-45H,4,9,11,15-18,20-22,24-25,27H2,1-2H3,(H,41,46)/t28?,31-,32+,33+,34-,35+/m0/s1. The Balaban J connectivity index is 1.33. The molecule has 0 aliphatic heterocycles. The maximum Gasteiger partial charge on any atom is 0.333 e. The molecule has 0 saturated heterocycles. The topological polar surface area (TPSA) is 204 Å². The number of carbonyl (C=O) groups excluding carboxylic acids is 3. The fourth-order valence-electron chi connectivity index (χ4n) is 6.36. The van der Waals surface area contributed by atoms with Crippen molar-refractivity contribution in [3.63, 3.8) is 0 Å². The van der Waals surface area contributed by atoms with Crippen molar-refractivity contribution in [2.24, 2.45) is 11.8 Å². The third kappa shape index (κ3) is 16.1. The third-order valence-corrected chi connectivity index (χ3v) is 9.32. The van der Waals surface area contributed by atoms with Crippen LogP contribution in [0, 0.1) is 22.0 Å². The number of aryl methyl sites for hydroxylation is 1. The molecule has 1 aliphatic carbocycles. The van der Waals surface area contributed by atoms with Crippen LogP contribution in [0.25, 0.3) is 6.08 Å². The minimum atomic E-state index is -0.921. The number of unbranched alkanes of at least 4 members (excludes halogenated alkanes) is 1. The Labute approximate surface area is 316 Å². The van der Waals surface area contributed by atoms with Gasteiger partial charge in [0.05, 0.1) is 32.0 Å². The number of rotatable bonds is 24. The molecular weight excluding hydrogens is 700 g/mol. The smallest absolute Gasteiger partial charge is 0.333 e. The molecule has 3 rings (SSSR count). The van der Waals surface area contributed by atoms with Crippen molar-refractivity contribution in [3.8, 4) is 11.5 Å². The lowest BCUT2D eigenvalue weighted by atomic mass is 9.85. The van der Waals surface area contributed by atoms with E-state index in [0.29, 0.717) is 50.5 Å². The van der Waals surface area contributed by atoms with Crippen molar-refractivity contribution >= 4 is 23.9 Å². The van der Waals surface area contributed by atoms with Gasteiger partial charge in [-0.25, -0.2) is 4.79 Å². The number of benzene rings is 2. The van der Waals surface area contributed by atoms with Crippen LogP contribution in [0.3, 0.4) is 0 Å². The van der Waals surface area contributed by atoms with Crippen LogP contribution in [0.15, 0.2) is 66.8 Å². The van der Waals surface area contributed by atoms with Gasteiger partial charge < -0.3 is 39.7 Å². The number of nitrogens with zero attached hydrogens (tertiary/aromatic N) is 1. The lowest BCUT2D eigenvalue weighted by Crippen LogP contribution is -2.40. The highest BCUT2D eigenvalue weighted by Crippen LogP contribution is 2.38. The van der Waals surface area contributed by atoms with Crippen LogP contribution in [-0.2, 0) is 30.4 Å². The van der Waals surface area contributed by atoms with Crippen LogP contribution < -0.4 is 14.8 Å². The molecule has 2 aromatic rings. The maximum atomic E-state index is 12.7. The number of hydrogen-bond donors (Lipinski definition) is 4. The molecule has 0 spiro atoms. The second kappa shape index (κ2) is 23.8. The first-order valence-electron chi connectivity index (χ1n) is 18.5. The number of nitrogens with one attached hydrogen (secondary N) is 1. The van der Waals surface area contributed by atoms with Gasteiger partial charge in [-0.2, -0.15) is 0 Å². The van der Waals surface area contributed by atoms with E-state index in [1.165, 1.54) is 19.6 Å². The summed E-state index contributed by atoms with van der Waals surface area (Å²) in [6, 6.07) is 13.9. The van der Waals surface area contributed by atoms with Gasteiger partial charge in [0.2, 0.25) is 5.91 Å². The van der Waals surface area contributed by atoms with E-state index in [9.17, 15) is 39.8 Å². The second-order valence-electron chi connectivity index (χ2n) is 13.4. The van der Waals surface area contributed by atoms with Crippen LogP contribution in [-0.4, -0.2) is 82.9 Å². The average molecular weight is 755 g/mol. The number of carbonyl (C=O) groups is 3. The van der Waals surface area contributed by atoms with E-state index in [1.54, 1.807) is 30.4 Å². The zero-order valence-corrected chi connectivity index (χ0v) is 31.0. The predicted octanol–water partition coefficient (Wildman–Crippen LogP) is 4.90. The molecule has 6 atom stereocenters. The fraction of sp³-hybridized carbons (Fsp3) is 0.525. The molecule has 0 radical (unpaired) electrons. The zero-order chi connectivity index (χ0) is 39.3. The molecule has 1 saturated carbocycles. The summed E-state index contributed by atoms with van der Waals surface area (Å²) in [5.41, 5.74) is 1.86. The summed E-state index contributed by atoms with van der Waals surface area (Å²) in [7, 11) is 1.42. The number of aliphatic hydroxyl groups excluding tert-OH is 3. The minimum Gasteiger partial charge on any atom is -0.493 e. The van der Waals surface area contributed by atoms with Crippen molar-refractivity contribution in [2.75, 3.05) is 20.3 Å². The van der Waals surface area contributed by atoms with E-state index in [4.69, 9.17) is 14.2 Å². The number of aliphatic hydroxyl groups is 3. The molecule has 0 heterocycles. The average Bonchev–Trinajstić information content (AvgIpc) is 3.42. The first-order valence-corrected chi connectivity index (χ1v) is 18.5. The largest absolute Gasteiger partial charge is 0.493 e. The highest BCUT2D eigenvalue weighted by atomic mass is 16.9. The molecule has 14 nitrogen and oxygen atoms in total. The molecule has 2 aromatic carbocycles. The fourth-order valence-corrected chi connectivity index (χ4v) is 6.36. The van der Waals surface area contributed by atoms with Crippen molar-refractivity contribution in [3.05, 3.63) is 88.0 Å². The number of methoxy groups -OCH3 is 1. The Morgan fingerprint density at radius 1 is 0.981 bits per heavy atom. The summed E-state index contributed by atoms with van der Waals surface area (Å²) in [6.07, 6.45) is 10.7. The van der Waals surface area contributed by atoms with Gasteiger partial charge in [-0.05, 0) is 106 Å². The molecule has 1 amide bonds. The number of ether oxygens (including phenoxy) is 3. The maximum absolute atomic E-state index is 12.7. The van der Waals surface area contributed by atoms with Gasteiger partial charge in [0.15, 0.2) is 11.5 Å². The molecule has 1 unspecified atom stereocenters. The van der Waals surface area contributed by atoms with Crippen LogP contribution >= 0.6 is 0 Å². The van der Waals surface area contributed by atoms with Gasteiger partial charge in [-0.3, -0.25) is 9.59 Å². The van der Waals surface area contributed by atoms with Crippen LogP contribution in [0.4, 0.5) is 0 Å². The molecule has 1 fully saturated rings. The number of amides is 1. The van der Waals surface area contributed by atoms with Gasteiger partial charge in [0, 0.05) is 12.8 Å². The molecule has 296 valence electrons. The van der Waals surface area contributed by atoms with Gasteiger partial charge >= 0.3 is 11.9 Å². The van der Waals surface area contributed by atoms with Crippen molar-refractivity contribution < 1.29 is 53.8 Å². The first-order chi connectivity index (χ1) is 26.0. The van der Waals surface area contributed by atoms with Crippen molar-refractivity contribution in [1.29, 1.82) is 0 Å². The van der Waals surface area contributed by atoms with Crippen molar-refractivity contribution in [2.45, 2.75) is 102 Å². The lowest BCUT2D eigenvalue weighted by molar-refractivity contribution is -0.757. The van der Waals surface area contributed by atoms with E-state index < -0.39 is 41.4 Å². The molecule has 14 heteroatoms. The van der Waals surface area contributed by atoms with E-state index in [-0.39, 0.29) is 61.7 Å². The Kier molecular flexibility index (Phi) is 19.2. The summed E-state index contributed by atoms with van der Waals surface area (Å²) in [6.45, 7) is 1.33. The third-order valence-electron chi connectivity index (χ3n) is 9.32. The van der Waals surface area contributed by atoms with Crippen molar-refractivity contribution in [1.82, 2.24) is 5.32 Å². The van der Waals surface area contributed by atoms with Gasteiger partial charge in [-0.1, -0.05) is 54.6 Å². The lowest BCUT2D eigenvalue weighted by Gasteiger charge is -2.23. The number of allylic oxidation sites excluding steroid dienone is 2. The predicted molar refractivity (Wildman–Crippen MR) is 200 cm³/mol. The molecule has 54 heavy (non-hydrogen) atoms. The van der Waals surface area contributed by atoms with E-state index in [1.807, 2.05) is 42.5 Å². The van der Waals surface area contributed by atoms with E-state index in [2.05, 4.69) is 10.2 Å². The summed E-state index contributed by atoms with van der Waals surface area (Å²) in [5.74, 6) is -1.23. The molecule has 0 bridgehead atoms. The minimum absolute atomic E-state index is 0.0135. The first kappa shape index (κ1) is 43.6. The van der Waals surface area contributed by atoms with Crippen LogP contribution in [0.2, 0.25) is 0 Å². The molecule has 1 aliphatic rings. The normalized spacial score (nSPS) is 19.4. The van der Waals surface area contributed by atoms with Crippen LogP contribution in [0.5, 0.6) is 11.5 Å². The van der Waals surface area contributed by atoms with Crippen LogP contribution in [0.1, 0.15) is 82.3 Å². The quantitative estimate of drug-likeness (QED) is 0.0282. The SMILES string of the molecule is COc1cc(C=CCOC(=O)CCCO[N+](=O)[O-])ccc1OC(=O)C(C)NC(=O)CCCC=CC[C@@H]1[C@@H](CC[C@@H](O)CCc2ccccc2)[C@H](O)C[C@@H]1O. The summed E-state index contributed by atoms with van der Waals surface area (Å²) in [4.78, 5) is 51.2. The Morgan fingerprint density at radius 2 is 1.74 bits per heavy atom. The molecular formula is C40H54N2O12. The summed E-state index contributed by atoms with van der Waals surface area (Å²) < 4.78 is 15.9. The number of hydrogen-bond acceptors (Lipinski definition) is 12. The van der Waals surface area contributed by atoms with Gasteiger partial charge in [-0.15, -0.1) is 10.1 Å². The van der Waals surface area contributed by atoms with Gasteiger partial charge in [0.1, 0.15) is 12.6 Å². The Hall–Kier alpha value is -4.79. The summed E-state index contributed by atoms with van der Waals surface area (Å²) in [5, 5.41) is 43.6. The van der Waals surface area contributed by atoms with Gasteiger partial charge in [0.25, 0.3) is 5.09 Å². The highest BCUT2D eigenvalue weighted by molar-refractivity contribution is 5.85. The van der Waals surface area contributed by atoms with E-state index in [0.717, 1.165) is 6.42 Å². The zero-order valence-electron chi connectivity index (χ0n) is 31.0. The molecule has 4 N–H and O–H groups in total. The van der Waals surface area contributed by atoms with E-state index >= 15 is 0 Å². The summed E-state index contributed by atoms with van der Waals surface area (Å²) >= 11 is 0. The Morgan fingerprint density at radius 3 is 2.48 bits per heavy atom.